The first-order valence-corrected chi connectivity index (χ1v) is 4.43. The first-order chi connectivity index (χ1) is 6.07. The fraction of sp³-hybridized carbons (Fsp3) is 0.273. The van der Waals surface area contributed by atoms with Gasteiger partial charge in [0.1, 0.15) is 0 Å². The molecule has 72 valence electrons. The Kier molecular flexibility index (Phi) is 6.29. The molecule has 0 atom stereocenters. The lowest BCUT2D eigenvalue weighted by molar-refractivity contribution is 0.505. The van der Waals surface area contributed by atoms with Crippen LogP contribution in [0.15, 0.2) is 30.8 Å². The van der Waals surface area contributed by atoms with Gasteiger partial charge >= 0.3 is 0 Å². The molecule has 0 aliphatic heterocycles. The highest BCUT2D eigenvalue weighted by Gasteiger charge is 1.89. The summed E-state index contributed by atoms with van der Waals surface area (Å²) in [7, 11) is 6.00. The molecule has 0 aliphatic carbocycles. The summed E-state index contributed by atoms with van der Waals surface area (Å²) in [5.74, 6) is 0. The molecule has 0 radical (unpaired) electrons. The predicted octanol–water partition coefficient (Wildman–Crippen LogP) is 3.16. The zero-order valence-electron chi connectivity index (χ0n) is 8.42. The molecule has 0 saturated heterocycles. The van der Waals surface area contributed by atoms with Crippen molar-refractivity contribution in [3.63, 3.8) is 0 Å². The maximum absolute atomic E-state index is 5.75. The van der Waals surface area contributed by atoms with Crippen molar-refractivity contribution in [3.8, 4) is 0 Å². The maximum atomic E-state index is 5.75. The van der Waals surface area contributed by atoms with E-state index in [4.69, 9.17) is 11.6 Å². The number of hydrogen-bond acceptors (Lipinski definition) is 1. The first kappa shape index (κ1) is 12.2. The van der Waals surface area contributed by atoms with Crippen molar-refractivity contribution in [1.82, 2.24) is 4.90 Å². The molecule has 1 aromatic rings. The second-order valence-electron chi connectivity index (χ2n) is 3.07. The Hall–Kier alpha value is -0.790. The molecule has 1 rings (SSSR count). The second-order valence-corrected chi connectivity index (χ2v) is 3.47. The summed E-state index contributed by atoms with van der Waals surface area (Å²) in [5, 5.41) is 0.757. The molecular weight excluding hydrogens is 182 g/mol. The molecule has 0 fully saturated rings. The summed E-state index contributed by atoms with van der Waals surface area (Å²) in [6.07, 6.45) is 1.74. The average Bonchev–Trinajstić information content (AvgIpc) is 2.04. The van der Waals surface area contributed by atoms with E-state index in [1.54, 1.807) is 6.08 Å². The van der Waals surface area contributed by atoms with Crippen LogP contribution >= 0.6 is 11.6 Å². The van der Waals surface area contributed by atoms with Gasteiger partial charge in [0.25, 0.3) is 0 Å². The van der Waals surface area contributed by atoms with Gasteiger partial charge in [-0.15, -0.1) is 0 Å². The Morgan fingerprint density at radius 3 is 2.00 bits per heavy atom. The molecule has 0 amide bonds. The molecule has 0 saturated carbocycles. The SMILES string of the molecule is C=Cc1ccccc1Cl.CN(C)C. The van der Waals surface area contributed by atoms with Crippen molar-refractivity contribution in [1.29, 1.82) is 0 Å². The normalized spacial score (nSPS) is 9.00. The fourth-order valence-corrected chi connectivity index (χ4v) is 0.854. The second kappa shape index (κ2) is 6.70. The zero-order chi connectivity index (χ0) is 10.3. The summed E-state index contributed by atoms with van der Waals surface area (Å²) in [6.45, 7) is 3.61. The molecule has 2 heteroatoms. The van der Waals surface area contributed by atoms with Crippen LogP contribution in [-0.2, 0) is 0 Å². The molecule has 0 spiro atoms. The molecule has 0 bridgehead atoms. The van der Waals surface area contributed by atoms with Gasteiger partial charge in [-0.3, -0.25) is 0 Å². The van der Waals surface area contributed by atoms with Crippen LogP contribution in [0.25, 0.3) is 6.08 Å². The Morgan fingerprint density at radius 2 is 1.69 bits per heavy atom. The quantitative estimate of drug-likeness (QED) is 0.669. The van der Waals surface area contributed by atoms with E-state index in [0.29, 0.717) is 0 Å². The molecule has 0 heterocycles. The van der Waals surface area contributed by atoms with Gasteiger partial charge in [-0.2, -0.15) is 0 Å². The van der Waals surface area contributed by atoms with Gasteiger partial charge in [0.15, 0.2) is 0 Å². The van der Waals surface area contributed by atoms with Gasteiger partial charge in [0.05, 0.1) is 0 Å². The van der Waals surface area contributed by atoms with Gasteiger partial charge in [-0.25, -0.2) is 0 Å². The van der Waals surface area contributed by atoms with Gasteiger partial charge in [-0.1, -0.05) is 42.5 Å². The third-order valence-electron chi connectivity index (χ3n) is 1.13. The van der Waals surface area contributed by atoms with Crippen molar-refractivity contribution in [3.05, 3.63) is 41.4 Å². The van der Waals surface area contributed by atoms with Crippen molar-refractivity contribution < 1.29 is 0 Å². The van der Waals surface area contributed by atoms with Crippen LogP contribution < -0.4 is 0 Å². The van der Waals surface area contributed by atoms with Gasteiger partial charge in [0, 0.05) is 5.02 Å². The van der Waals surface area contributed by atoms with Crippen LogP contribution in [0, 0.1) is 0 Å². The molecule has 0 unspecified atom stereocenters. The highest BCUT2D eigenvalue weighted by Crippen LogP contribution is 2.14. The van der Waals surface area contributed by atoms with E-state index in [2.05, 4.69) is 6.58 Å². The minimum absolute atomic E-state index is 0.757. The third kappa shape index (κ3) is 6.38. The van der Waals surface area contributed by atoms with E-state index < -0.39 is 0 Å². The van der Waals surface area contributed by atoms with Crippen molar-refractivity contribution in [2.24, 2.45) is 0 Å². The molecule has 1 nitrogen and oxygen atoms in total. The predicted molar refractivity (Wildman–Crippen MR) is 61.2 cm³/mol. The monoisotopic (exact) mass is 197 g/mol. The van der Waals surface area contributed by atoms with Crippen molar-refractivity contribution in [2.45, 2.75) is 0 Å². The van der Waals surface area contributed by atoms with Crippen molar-refractivity contribution >= 4 is 17.7 Å². The largest absolute Gasteiger partial charge is 0.312 e. The molecule has 0 aliphatic rings. The molecule has 1 aromatic carbocycles. The summed E-state index contributed by atoms with van der Waals surface area (Å²) in [5.41, 5.74) is 0.985. The number of nitrogens with zero attached hydrogens (tertiary/aromatic N) is 1. The van der Waals surface area contributed by atoms with E-state index in [0.717, 1.165) is 10.6 Å². The lowest BCUT2D eigenvalue weighted by Gasteiger charge is -1.92. The van der Waals surface area contributed by atoms with Crippen LogP contribution in [0.1, 0.15) is 5.56 Å². The number of rotatable bonds is 1. The van der Waals surface area contributed by atoms with Gasteiger partial charge < -0.3 is 4.90 Å². The Labute approximate surface area is 85.6 Å². The van der Waals surface area contributed by atoms with E-state index in [-0.39, 0.29) is 0 Å². The standard InChI is InChI=1S/C8H7Cl.C3H9N/c1-2-7-5-3-4-6-8(7)9;1-4(2)3/h2-6H,1H2;1-3H3. The lowest BCUT2D eigenvalue weighted by Crippen LogP contribution is -1.99. The number of halogens is 1. The average molecular weight is 198 g/mol. The molecule has 0 aromatic heterocycles. The highest BCUT2D eigenvalue weighted by molar-refractivity contribution is 6.32. The van der Waals surface area contributed by atoms with E-state index in [1.165, 1.54) is 0 Å². The van der Waals surface area contributed by atoms with Crippen molar-refractivity contribution in [2.75, 3.05) is 21.1 Å². The Morgan fingerprint density at radius 1 is 1.23 bits per heavy atom. The summed E-state index contributed by atoms with van der Waals surface area (Å²) >= 11 is 5.75. The smallest absolute Gasteiger partial charge is 0.0478 e. The summed E-state index contributed by atoms with van der Waals surface area (Å²) in [6, 6.07) is 7.60. The molecule has 13 heavy (non-hydrogen) atoms. The minimum atomic E-state index is 0.757. The van der Waals surface area contributed by atoms with Crippen LogP contribution in [0.4, 0.5) is 0 Å². The van der Waals surface area contributed by atoms with Crippen LogP contribution in [0.5, 0.6) is 0 Å². The summed E-state index contributed by atoms with van der Waals surface area (Å²) in [4.78, 5) is 2.00. The summed E-state index contributed by atoms with van der Waals surface area (Å²) < 4.78 is 0. The highest BCUT2D eigenvalue weighted by atomic mass is 35.5. The first-order valence-electron chi connectivity index (χ1n) is 4.05. The van der Waals surface area contributed by atoms with Gasteiger partial charge in [0.2, 0.25) is 0 Å². The topological polar surface area (TPSA) is 3.24 Å². The number of hydrogen-bond donors (Lipinski definition) is 0. The van der Waals surface area contributed by atoms with Gasteiger partial charge in [-0.05, 0) is 32.8 Å². The molecule has 0 N–H and O–H groups in total. The zero-order valence-corrected chi connectivity index (χ0v) is 9.17. The van der Waals surface area contributed by atoms with E-state index >= 15 is 0 Å². The lowest BCUT2D eigenvalue weighted by atomic mass is 10.2. The minimum Gasteiger partial charge on any atom is -0.312 e. The fourth-order valence-electron chi connectivity index (χ4n) is 0.641. The van der Waals surface area contributed by atoms with E-state index in [9.17, 15) is 0 Å². The third-order valence-corrected chi connectivity index (χ3v) is 1.47. The van der Waals surface area contributed by atoms with Crippen LogP contribution in [0.3, 0.4) is 0 Å². The Balaban J connectivity index is 0.000000310. The van der Waals surface area contributed by atoms with Crippen LogP contribution in [0.2, 0.25) is 5.02 Å². The van der Waals surface area contributed by atoms with E-state index in [1.807, 2.05) is 50.3 Å². The molecular formula is C11H16ClN. The van der Waals surface area contributed by atoms with Crippen LogP contribution in [-0.4, -0.2) is 26.0 Å². The number of benzene rings is 1. The maximum Gasteiger partial charge on any atom is 0.0478 e. The Bertz CT molecular complexity index is 253.